The van der Waals surface area contributed by atoms with E-state index < -0.39 is 47.6 Å². The number of nitrogens with zero attached hydrogens (tertiary/aromatic N) is 2. The lowest BCUT2D eigenvalue weighted by Crippen LogP contribution is -2.58. The molecule has 1 aromatic heterocycles. The van der Waals surface area contributed by atoms with E-state index >= 15 is 0 Å². The molecule has 0 unspecified atom stereocenters. The number of nitrogen functional groups attached to an aromatic ring is 1. The van der Waals surface area contributed by atoms with Crippen LogP contribution in [0.4, 0.5) is 23.4 Å². The fourth-order valence-corrected chi connectivity index (χ4v) is 4.59. The van der Waals surface area contributed by atoms with Crippen LogP contribution in [-0.4, -0.2) is 37.7 Å². The minimum absolute atomic E-state index is 0.0740. The number of phenols is 1. The first kappa shape index (κ1) is 24.5. The van der Waals surface area contributed by atoms with Crippen LogP contribution in [0.1, 0.15) is 58.8 Å². The number of anilines is 1. The molecular weight excluding hydrogens is 468 g/mol. The summed E-state index contributed by atoms with van der Waals surface area (Å²) in [6.45, 7) is 3.44. The monoisotopic (exact) mass is 492 g/mol. The lowest BCUT2D eigenvalue weighted by atomic mass is 9.69. The predicted octanol–water partition coefficient (Wildman–Crippen LogP) is 4.27. The maximum absolute atomic E-state index is 14.2. The van der Waals surface area contributed by atoms with Crippen LogP contribution in [0.5, 0.6) is 5.75 Å². The van der Waals surface area contributed by atoms with Crippen molar-refractivity contribution in [2.75, 3.05) is 5.73 Å². The van der Waals surface area contributed by atoms with E-state index in [0.717, 1.165) is 23.9 Å². The number of aliphatic hydroxyl groups is 1. The van der Waals surface area contributed by atoms with Gasteiger partial charge in [0.05, 0.1) is 17.9 Å². The van der Waals surface area contributed by atoms with Gasteiger partial charge in [-0.15, -0.1) is 0 Å². The molecule has 0 bridgehead atoms. The molecule has 3 aromatic rings. The minimum atomic E-state index is -5.14. The Bertz CT molecular complexity index is 1270. The van der Waals surface area contributed by atoms with Gasteiger partial charge in [-0.3, -0.25) is 4.79 Å². The second-order valence-corrected chi connectivity index (χ2v) is 8.73. The average Bonchev–Trinajstić information content (AvgIpc) is 3.18. The van der Waals surface area contributed by atoms with Crippen molar-refractivity contribution in [2.24, 2.45) is 0 Å². The topological polar surface area (TPSA) is 113 Å². The van der Waals surface area contributed by atoms with E-state index in [9.17, 15) is 32.6 Å². The molecule has 3 atom stereocenters. The molecule has 11 heteroatoms. The summed E-state index contributed by atoms with van der Waals surface area (Å²) in [7, 11) is 0. The molecule has 5 N–H and O–H groups in total. The molecule has 0 saturated carbocycles. The van der Waals surface area contributed by atoms with Crippen molar-refractivity contribution in [1.29, 1.82) is 0 Å². The first-order valence-corrected chi connectivity index (χ1v) is 10.9. The first-order chi connectivity index (χ1) is 16.4. The van der Waals surface area contributed by atoms with Gasteiger partial charge in [-0.25, -0.2) is 9.07 Å². The van der Waals surface area contributed by atoms with Gasteiger partial charge in [0.15, 0.2) is 17.2 Å². The van der Waals surface area contributed by atoms with E-state index in [1.54, 1.807) is 31.2 Å². The Hall–Kier alpha value is -3.60. The number of amides is 1. The average molecular weight is 492 g/mol. The molecule has 1 heterocycles. The summed E-state index contributed by atoms with van der Waals surface area (Å²) in [5, 5.41) is 27.5. The largest absolute Gasteiger partial charge is 0.505 e. The Morgan fingerprint density at radius 3 is 2.51 bits per heavy atom. The second-order valence-electron chi connectivity index (χ2n) is 8.73. The zero-order valence-electron chi connectivity index (χ0n) is 18.9. The van der Waals surface area contributed by atoms with Crippen LogP contribution in [0.15, 0.2) is 42.6 Å². The van der Waals surface area contributed by atoms with Crippen molar-refractivity contribution in [3.8, 4) is 11.4 Å². The Kier molecular flexibility index (Phi) is 6.00. The fourth-order valence-electron chi connectivity index (χ4n) is 4.59. The van der Waals surface area contributed by atoms with Gasteiger partial charge >= 0.3 is 6.18 Å². The number of aromatic nitrogens is 2. The summed E-state index contributed by atoms with van der Waals surface area (Å²) in [5.74, 6) is -3.93. The van der Waals surface area contributed by atoms with Crippen LogP contribution in [0, 0.1) is 12.7 Å². The molecule has 1 aliphatic carbocycles. The van der Waals surface area contributed by atoms with Gasteiger partial charge in [-0.05, 0) is 49.4 Å². The summed E-state index contributed by atoms with van der Waals surface area (Å²) in [6, 6.07) is 6.83. The lowest BCUT2D eigenvalue weighted by molar-refractivity contribution is -0.277. The number of hydrogen-bond acceptors (Lipinski definition) is 5. The maximum atomic E-state index is 14.2. The number of benzene rings is 2. The van der Waals surface area contributed by atoms with Crippen molar-refractivity contribution >= 4 is 11.7 Å². The molecule has 2 aromatic carbocycles. The number of fused-ring (bicyclic) bond motifs is 1. The maximum Gasteiger partial charge on any atom is 0.419 e. The Morgan fingerprint density at radius 1 is 1.26 bits per heavy atom. The molecule has 1 aliphatic rings. The first-order valence-electron chi connectivity index (χ1n) is 10.9. The van der Waals surface area contributed by atoms with E-state index in [-0.39, 0.29) is 28.9 Å². The molecule has 0 aliphatic heterocycles. The van der Waals surface area contributed by atoms with E-state index in [4.69, 9.17) is 5.73 Å². The normalized spacial score (nSPS) is 22.0. The van der Waals surface area contributed by atoms with Gasteiger partial charge < -0.3 is 21.3 Å². The van der Waals surface area contributed by atoms with Crippen molar-refractivity contribution in [1.82, 2.24) is 15.1 Å². The number of alkyl halides is 3. The predicted molar refractivity (Wildman–Crippen MR) is 120 cm³/mol. The molecule has 0 saturated heterocycles. The highest BCUT2D eigenvalue weighted by molar-refractivity contribution is 5.98. The minimum Gasteiger partial charge on any atom is -0.505 e. The van der Waals surface area contributed by atoms with Crippen molar-refractivity contribution < 1.29 is 32.6 Å². The Balaban J connectivity index is 1.77. The van der Waals surface area contributed by atoms with Gasteiger partial charge in [0, 0.05) is 5.56 Å². The lowest BCUT2D eigenvalue weighted by Gasteiger charge is -2.45. The third-order valence-electron chi connectivity index (χ3n) is 6.54. The van der Waals surface area contributed by atoms with Gasteiger partial charge in [0.2, 0.25) is 0 Å². The quantitative estimate of drug-likeness (QED) is 0.407. The summed E-state index contributed by atoms with van der Waals surface area (Å²) >= 11 is 0. The van der Waals surface area contributed by atoms with Crippen molar-refractivity contribution in [2.45, 2.75) is 50.4 Å². The third kappa shape index (κ3) is 3.99. The van der Waals surface area contributed by atoms with Crippen LogP contribution < -0.4 is 11.1 Å². The highest BCUT2D eigenvalue weighted by Gasteiger charge is 2.62. The molecule has 0 radical (unpaired) electrons. The number of phenolic OH excluding ortho intramolecular Hbond substituents is 1. The molecule has 186 valence electrons. The molecule has 7 nitrogen and oxygen atoms in total. The van der Waals surface area contributed by atoms with Gasteiger partial charge in [-0.1, -0.05) is 30.7 Å². The molecular formula is C24H24F4N4O3. The number of carbonyl (C=O) groups excluding carboxylic acids is 1. The SMILES string of the molecule is CC[C@@H]1C[C@](O)(C(F)(F)F)[C@@H](NC(=O)c2cnn(-c3ccc(C)cc3)c2N)c2ccc(F)c(O)c21. The zero-order chi connectivity index (χ0) is 25.7. The Morgan fingerprint density at radius 2 is 1.91 bits per heavy atom. The van der Waals surface area contributed by atoms with E-state index in [0.29, 0.717) is 5.69 Å². The van der Waals surface area contributed by atoms with Gasteiger partial charge in [0.25, 0.3) is 5.91 Å². The number of aromatic hydroxyl groups is 1. The number of nitrogens with one attached hydrogen (secondary N) is 1. The van der Waals surface area contributed by atoms with E-state index in [1.165, 1.54) is 4.68 Å². The number of nitrogens with two attached hydrogens (primary N) is 1. The summed E-state index contributed by atoms with van der Waals surface area (Å²) < 4.78 is 57.9. The fraction of sp³-hybridized carbons (Fsp3) is 0.333. The molecule has 4 rings (SSSR count). The molecule has 1 amide bonds. The zero-order valence-corrected chi connectivity index (χ0v) is 18.9. The van der Waals surface area contributed by atoms with Crippen LogP contribution in [0.2, 0.25) is 0 Å². The van der Waals surface area contributed by atoms with Gasteiger partial charge in [-0.2, -0.15) is 18.3 Å². The van der Waals surface area contributed by atoms with Crippen molar-refractivity contribution in [3.05, 3.63) is 70.7 Å². The van der Waals surface area contributed by atoms with Crippen molar-refractivity contribution in [3.63, 3.8) is 0 Å². The van der Waals surface area contributed by atoms with Crippen LogP contribution in [-0.2, 0) is 0 Å². The van der Waals surface area contributed by atoms with Gasteiger partial charge in [0.1, 0.15) is 11.4 Å². The number of halogens is 4. The molecule has 0 fully saturated rings. The number of hydrogen-bond donors (Lipinski definition) is 4. The highest BCUT2D eigenvalue weighted by Crippen LogP contribution is 2.54. The number of aryl methyl sites for hydroxylation is 1. The third-order valence-corrected chi connectivity index (χ3v) is 6.54. The second kappa shape index (κ2) is 8.56. The highest BCUT2D eigenvalue weighted by atomic mass is 19.4. The summed E-state index contributed by atoms with van der Waals surface area (Å²) in [4.78, 5) is 13.1. The Labute approximate surface area is 198 Å². The van der Waals surface area contributed by atoms with E-state index in [2.05, 4.69) is 10.4 Å². The van der Waals surface area contributed by atoms with Crippen LogP contribution in [0.3, 0.4) is 0 Å². The van der Waals surface area contributed by atoms with Crippen LogP contribution >= 0.6 is 0 Å². The van der Waals surface area contributed by atoms with E-state index in [1.807, 2.05) is 6.92 Å². The summed E-state index contributed by atoms with van der Waals surface area (Å²) in [5.41, 5.74) is 3.72. The smallest absolute Gasteiger partial charge is 0.419 e. The molecule has 0 spiro atoms. The standard InChI is InChI=1S/C24H24F4N4O3/c1-3-13-10-23(35,24(26,27)28)20(15-8-9-17(25)19(33)18(13)15)31-22(34)16-11-30-32(21(16)29)14-6-4-12(2)5-7-14/h4-9,11,13,20,33,35H,3,10,29H2,1-2H3,(H,31,34)/t13-,20+,23-/m1/s1. The number of carbonyl (C=O) groups is 1. The molecule has 35 heavy (non-hydrogen) atoms. The summed E-state index contributed by atoms with van der Waals surface area (Å²) in [6.07, 6.45) is -4.81. The van der Waals surface area contributed by atoms with Crippen LogP contribution in [0.25, 0.3) is 5.69 Å². The number of rotatable bonds is 4.